The highest BCUT2D eigenvalue weighted by molar-refractivity contribution is 7.00. The van der Waals surface area contributed by atoms with Crippen LogP contribution in [0.3, 0.4) is 0 Å². The minimum atomic E-state index is -0.376. The van der Waals surface area contributed by atoms with Gasteiger partial charge in [-0.1, -0.05) is 430 Å². The summed E-state index contributed by atoms with van der Waals surface area (Å²) >= 11 is 0. The fraction of sp³-hybridized carbons (Fsp3) is 0.400. The van der Waals surface area contributed by atoms with Crippen molar-refractivity contribution in [1.29, 1.82) is 0 Å². The standard InChI is InChI=1S/C140H167BN4/c1-127(2,3)88-47-43-84(44-48-88)103-77-98(137(31,32)33)79-110(102-59-51-95(134(22,23)24)81-113(102)140(40,41)42)125(103)144-120-82-100(142-116-63-53-91(130(10,11)12)73-106(116)107-74-92(131(13,14)15)54-64-117(107)142)57-61-114(120)141-115-62-58-101(143-118-65-55-93(132(16,17)18)75-108(118)109-76-94(133(19,20)21)56-66-119(109)143)83-121(115)145(123-70-87(69-122(144)124(123)141)86-67-96(135(25,26)27)71-97(68-86)136(28,29)30)126-104(85-45-49-89(50-46-85)128(4,5)6)78-99(138(34,35)36)80-111(126)105-72-90(129(7,8)9)52-60-112(105)139(37,38)39/h43-83H,1-42H3. The predicted octanol–water partition coefficient (Wildman–Crippen LogP) is 38.5. The van der Waals surface area contributed by atoms with Gasteiger partial charge in [-0.3, -0.25) is 0 Å². The van der Waals surface area contributed by atoms with Gasteiger partial charge in [0.2, 0.25) is 0 Å². The second-order valence-electron chi connectivity index (χ2n) is 57.9. The van der Waals surface area contributed by atoms with Crippen molar-refractivity contribution in [2.75, 3.05) is 9.80 Å². The Bertz CT molecular complexity index is 7690. The normalized spacial score (nSPS) is 14.1. The minimum Gasteiger partial charge on any atom is -0.310 e. The molecule has 14 aromatic carbocycles. The fourth-order valence-corrected chi connectivity index (χ4v) is 22.5. The van der Waals surface area contributed by atoms with Crippen LogP contribution in [0, 0.1) is 0 Å². The number of fused-ring (bicyclic) bond motifs is 10. The van der Waals surface area contributed by atoms with E-state index in [4.69, 9.17) is 0 Å². The van der Waals surface area contributed by atoms with E-state index in [1.807, 2.05) is 0 Å². The summed E-state index contributed by atoms with van der Waals surface area (Å²) in [5.74, 6) is 0. The Morgan fingerprint density at radius 2 is 0.428 bits per heavy atom. The molecule has 0 saturated heterocycles. The van der Waals surface area contributed by atoms with Crippen molar-refractivity contribution >= 4 is 101 Å². The van der Waals surface area contributed by atoms with Crippen molar-refractivity contribution in [2.45, 2.75) is 367 Å². The zero-order valence-electron chi connectivity index (χ0n) is 96.5. The monoisotopic (exact) mass is 1920 g/mol. The average Bonchev–Trinajstić information content (AvgIpc) is 1.22. The molecule has 4 heterocycles. The second-order valence-corrected chi connectivity index (χ2v) is 57.9. The molecule has 0 saturated carbocycles. The maximum absolute atomic E-state index is 2.89. The maximum atomic E-state index is 2.89. The van der Waals surface area contributed by atoms with Gasteiger partial charge >= 0.3 is 0 Å². The third-order valence-corrected chi connectivity index (χ3v) is 32.0. The number of aromatic nitrogens is 2. The molecular formula is C140H167BN4. The van der Waals surface area contributed by atoms with E-state index in [1.54, 1.807) is 0 Å². The first-order valence-corrected chi connectivity index (χ1v) is 54.0. The fourth-order valence-electron chi connectivity index (χ4n) is 22.5. The van der Waals surface area contributed by atoms with Crippen molar-refractivity contribution in [3.8, 4) is 67.0 Å². The summed E-state index contributed by atoms with van der Waals surface area (Å²) in [6.45, 7) is 100. The van der Waals surface area contributed by atoms with Crippen LogP contribution in [0.2, 0.25) is 0 Å². The van der Waals surface area contributed by atoms with E-state index in [1.165, 1.54) is 177 Å². The second kappa shape index (κ2) is 34.5. The first kappa shape index (κ1) is 103. The number of rotatable bonds is 9. The Hall–Kier alpha value is -11.7. The first-order chi connectivity index (χ1) is 66.7. The number of hydrogen-bond acceptors (Lipinski definition) is 2. The van der Waals surface area contributed by atoms with Crippen LogP contribution >= 0.6 is 0 Å². The molecule has 0 N–H and O–H groups in total. The van der Waals surface area contributed by atoms with E-state index in [0.717, 1.165) is 62.2 Å². The van der Waals surface area contributed by atoms with Gasteiger partial charge in [0, 0.05) is 77.9 Å². The van der Waals surface area contributed by atoms with Crippen LogP contribution in [0.5, 0.6) is 0 Å². The van der Waals surface area contributed by atoms with Crippen LogP contribution < -0.4 is 26.2 Å². The quantitative estimate of drug-likeness (QED) is 0.134. The molecule has 2 aliphatic heterocycles. The SMILES string of the molecule is CC(C)(C)c1ccc(-c2cc(C(C)(C)C)cc(-c3cc(C(C)(C)C)ccc3C(C)(C)C)c2N2c3cc(-n4c5ccc(C(C)(C)C)cc5c5cc(C(C)(C)C)ccc54)ccc3B3c4ccc(-n5c6ccc(C(C)(C)C)cc6c6cc(C(C)(C)C)ccc65)cc4N(c4c(-c5ccc(C(C)(C)C)cc5)cc(C(C)(C)C)cc4-c4ccc(C(C)(C)C)cc4C(C)(C)C)c4cc(-c5cc(C(C)(C)C)cc(C(C)(C)C)c5)cc2c43)cc1. The summed E-state index contributed by atoms with van der Waals surface area (Å²) < 4.78 is 5.26. The Labute approximate surface area is 873 Å². The van der Waals surface area contributed by atoms with Crippen LogP contribution in [-0.2, 0) is 75.8 Å². The Morgan fingerprint density at radius 3 is 0.745 bits per heavy atom. The Balaban J connectivity index is 1.13. The van der Waals surface area contributed by atoms with Crippen LogP contribution in [0.15, 0.2) is 249 Å². The molecule has 0 bridgehead atoms. The molecule has 4 nitrogen and oxygen atoms in total. The van der Waals surface area contributed by atoms with Gasteiger partial charge in [-0.2, -0.15) is 0 Å². The van der Waals surface area contributed by atoms with Gasteiger partial charge in [-0.05, 0) is 313 Å². The molecule has 18 rings (SSSR count). The minimum absolute atomic E-state index is 0.110. The topological polar surface area (TPSA) is 16.3 Å². The van der Waals surface area contributed by atoms with E-state index >= 15 is 0 Å². The predicted molar refractivity (Wildman–Crippen MR) is 638 cm³/mol. The maximum Gasteiger partial charge on any atom is 0.252 e. The van der Waals surface area contributed by atoms with Crippen molar-refractivity contribution in [3.05, 3.63) is 327 Å². The van der Waals surface area contributed by atoms with Gasteiger partial charge in [0.05, 0.1) is 33.4 Å². The molecule has 145 heavy (non-hydrogen) atoms. The molecule has 16 aromatic rings. The molecule has 0 amide bonds. The van der Waals surface area contributed by atoms with Crippen LogP contribution in [0.4, 0.5) is 34.1 Å². The molecule has 2 aliphatic rings. The highest BCUT2D eigenvalue weighted by Gasteiger charge is 2.48. The highest BCUT2D eigenvalue weighted by Crippen LogP contribution is 2.59. The molecule has 2 aromatic heterocycles. The van der Waals surface area contributed by atoms with E-state index in [9.17, 15) is 0 Å². The summed E-state index contributed by atoms with van der Waals surface area (Å²) in [6, 6.07) is 103. The smallest absolute Gasteiger partial charge is 0.252 e. The van der Waals surface area contributed by atoms with Gasteiger partial charge in [-0.25, -0.2) is 0 Å². The summed E-state index contributed by atoms with van der Waals surface area (Å²) in [5.41, 5.74) is 44.7. The summed E-state index contributed by atoms with van der Waals surface area (Å²) in [6.07, 6.45) is 0. The lowest BCUT2D eigenvalue weighted by Gasteiger charge is -2.46. The zero-order chi connectivity index (χ0) is 106. The highest BCUT2D eigenvalue weighted by atomic mass is 15.2. The molecular weight excluding hydrogens is 1750 g/mol. The molecule has 0 radical (unpaired) electrons. The summed E-state index contributed by atoms with van der Waals surface area (Å²) in [7, 11) is 0. The molecule has 0 atom stereocenters. The average molecular weight is 1920 g/mol. The van der Waals surface area contributed by atoms with Crippen molar-refractivity contribution in [3.63, 3.8) is 0 Å². The van der Waals surface area contributed by atoms with Crippen LogP contribution in [0.25, 0.3) is 111 Å². The van der Waals surface area contributed by atoms with Gasteiger partial charge in [0.15, 0.2) is 0 Å². The zero-order valence-corrected chi connectivity index (χ0v) is 96.5. The molecule has 750 valence electrons. The van der Waals surface area contributed by atoms with E-state index in [2.05, 4.69) is 558 Å². The molecule has 0 aliphatic carbocycles. The largest absolute Gasteiger partial charge is 0.310 e. The van der Waals surface area contributed by atoms with Gasteiger partial charge in [0.25, 0.3) is 6.71 Å². The lowest BCUT2D eigenvalue weighted by molar-refractivity contribution is 0.568. The Kier molecular flexibility index (Phi) is 24.6. The number of nitrogens with zero attached hydrogens (tertiary/aromatic N) is 4. The van der Waals surface area contributed by atoms with Crippen molar-refractivity contribution in [2.24, 2.45) is 0 Å². The van der Waals surface area contributed by atoms with Crippen molar-refractivity contribution in [1.82, 2.24) is 9.13 Å². The van der Waals surface area contributed by atoms with Crippen molar-refractivity contribution < 1.29 is 0 Å². The Morgan fingerprint density at radius 1 is 0.166 bits per heavy atom. The number of anilines is 6. The van der Waals surface area contributed by atoms with E-state index in [0.29, 0.717) is 0 Å². The third-order valence-electron chi connectivity index (χ3n) is 32.0. The van der Waals surface area contributed by atoms with Gasteiger partial charge < -0.3 is 18.9 Å². The summed E-state index contributed by atoms with van der Waals surface area (Å²) in [5, 5.41) is 5.03. The molecule has 0 unspecified atom stereocenters. The first-order valence-electron chi connectivity index (χ1n) is 54.0. The van der Waals surface area contributed by atoms with Gasteiger partial charge in [-0.15, -0.1) is 0 Å². The summed E-state index contributed by atoms with van der Waals surface area (Å²) in [4.78, 5) is 5.77. The van der Waals surface area contributed by atoms with E-state index < -0.39 is 0 Å². The number of hydrogen-bond donors (Lipinski definition) is 0. The lowest BCUT2D eigenvalue weighted by Crippen LogP contribution is -2.61. The van der Waals surface area contributed by atoms with Crippen LogP contribution in [-0.4, -0.2) is 15.8 Å². The molecule has 0 spiro atoms. The van der Waals surface area contributed by atoms with Crippen LogP contribution in [0.1, 0.15) is 369 Å². The molecule has 5 heteroatoms. The number of benzene rings is 14. The lowest BCUT2D eigenvalue weighted by atomic mass is 9.33. The van der Waals surface area contributed by atoms with Gasteiger partial charge in [0.1, 0.15) is 0 Å². The van der Waals surface area contributed by atoms with E-state index in [-0.39, 0.29) is 82.5 Å². The molecule has 0 fully saturated rings. The third kappa shape index (κ3) is 19.0.